The van der Waals surface area contributed by atoms with Crippen molar-refractivity contribution in [3.8, 4) is 0 Å². The molecule has 0 aliphatic heterocycles. The Morgan fingerprint density at radius 3 is 3.06 bits per heavy atom. The lowest BCUT2D eigenvalue weighted by molar-refractivity contribution is 0.548. The van der Waals surface area contributed by atoms with Crippen LogP contribution in [-0.4, -0.2) is 15.8 Å². The van der Waals surface area contributed by atoms with Crippen molar-refractivity contribution in [1.29, 1.82) is 0 Å². The smallest absolute Gasteiger partial charge is 0.0534 e. The number of hydrogen-bond acceptors (Lipinski definition) is 3. The minimum Gasteiger partial charge on any atom is -0.310 e. The van der Waals surface area contributed by atoms with Crippen molar-refractivity contribution in [2.45, 2.75) is 39.4 Å². The van der Waals surface area contributed by atoms with Crippen molar-refractivity contribution in [2.24, 2.45) is 0 Å². The van der Waals surface area contributed by atoms with E-state index in [1.807, 2.05) is 22.2 Å². The van der Waals surface area contributed by atoms with Gasteiger partial charge in [-0.15, -0.1) is 11.3 Å². The van der Waals surface area contributed by atoms with Gasteiger partial charge < -0.3 is 5.32 Å². The Morgan fingerprint density at radius 2 is 2.41 bits per heavy atom. The number of aryl methyl sites for hydroxylation is 1. The van der Waals surface area contributed by atoms with Gasteiger partial charge in [-0.2, -0.15) is 5.10 Å². The van der Waals surface area contributed by atoms with Crippen LogP contribution in [0.3, 0.4) is 0 Å². The Hall–Kier alpha value is -1.13. The average molecular weight is 249 g/mol. The number of thiophene rings is 1. The Kier molecular flexibility index (Phi) is 4.34. The number of nitrogens with zero attached hydrogens (tertiary/aromatic N) is 2. The molecule has 2 rings (SSSR count). The van der Waals surface area contributed by atoms with Gasteiger partial charge in [-0.25, -0.2) is 0 Å². The average Bonchev–Trinajstić information content (AvgIpc) is 2.96. The Balaban J connectivity index is 1.77. The van der Waals surface area contributed by atoms with Crippen molar-refractivity contribution in [2.75, 3.05) is 0 Å². The van der Waals surface area contributed by atoms with Crippen LogP contribution in [0.1, 0.15) is 24.3 Å². The summed E-state index contributed by atoms with van der Waals surface area (Å²) in [6, 6.07) is 4.80. The molecule has 1 unspecified atom stereocenters. The molecule has 1 N–H and O–H groups in total. The van der Waals surface area contributed by atoms with E-state index < -0.39 is 0 Å². The fourth-order valence-corrected chi connectivity index (χ4v) is 2.60. The third kappa shape index (κ3) is 3.68. The SMILES string of the molecule is CCn1cc(CNC(C)Cc2cccs2)cn1. The number of rotatable bonds is 6. The van der Waals surface area contributed by atoms with Crippen molar-refractivity contribution < 1.29 is 0 Å². The molecule has 0 fully saturated rings. The quantitative estimate of drug-likeness (QED) is 0.853. The topological polar surface area (TPSA) is 29.9 Å². The fourth-order valence-electron chi connectivity index (χ4n) is 1.77. The summed E-state index contributed by atoms with van der Waals surface area (Å²) in [5, 5.41) is 9.93. The van der Waals surface area contributed by atoms with E-state index in [1.54, 1.807) is 0 Å². The van der Waals surface area contributed by atoms with Crippen LogP contribution in [0, 0.1) is 0 Å². The van der Waals surface area contributed by atoms with Crippen LogP contribution in [0.25, 0.3) is 0 Å². The molecule has 0 spiro atoms. The summed E-state index contributed by atoms with van der Waals surface area (Å²) in [5.74, 6) is 0. The maximum atomic E-state index is 4.27. The normalized spacial score (nSPS) is 12.8. The maximum Gasteiger partial charge on any atom is 0.0534 e. The molecule has 0 aliphatic carbocycles. The van der Waals surface area contributed by atoms with E-state index in [2.05, 4.69) is 48.0 Å². The second-order valence-electron chi connectivity index (χ2n) is 4.27. The molecule has 1 atom stereocenters. The molecule has 0 saturated carbocycles. The van der Waals surface area contributed by atoms with Gasteiger partial charge in [-0.1, -0.05) is 6.07 Å². The molecule has 0 bridgehead atoms. The summed E-state index contributed by atoms with van der Waals surface area (Å²) >= 11 is 1.82. The van der Waals surface area contributed by atoms with Crippen LogP contribution in [0.4, 0.5) is 0 Å². The zero-order valence-electron chi connectivity index (χ0n) is 10.4. The van der Waals surface area contributed by atoms with Crippen molar-refractivity contribution in [3.63, 3.8) is 0 Å². The van der Waals surface area contributed by atoms with Gasteiger partial charge in [0.15, 0.2) is 0 Å². The first-order valence-electron chi connectivity index (χ1n) is 6.05. The van der Waals surface area contributed by atoms with E-state index >= 15 is 0 Å². The van der Waals surface area contributed by atoms with E-state index in [0.717, 1.165) is 19.5 Å². The van der Waals surface area contributed by atoms with Crippen LogP contribution in [0.5, 0.6) is 0 Å². The predicted molar refractivity (Wildman–Crippen MR) is 72.2 cm³/mol. The van der Waals surface area contributed by atoms with E-state index in [9.17, 15) is 0 Å². The highest BCUT2D eigenvalue weighted by Crippen LogP contribution is 2.11. The molecule has 92 valence electrons. The minimum atomic E-state index is 0.499. The van der Waals surface area contributed by atoms with Gasteiger partial charge in [0.25, 0.3) is 0 Å². The number of nitrogens with one attached hydrogen (secondary N) is 1. The van der Waals surface area contributed by atoms with Gasteiger partial charge in [0, 0.05) is 35.8 Å². The molecule has 0 aromatic carbocycles. The number of aromatic nitrogens is 2. The van der Waals surface area contributed by atoms with Crippen LogP contribution in [0.2, 0.25) is 0 Å². The van der Waals surface area contributed by atoms with Gasteiger partial charge in [-0.3, -0.25) is 4.68 Å². The zero-order valence-corrected chi connectivity index (χ0v) is 11.2. The molecule has 0 amide bonds. The fraction of sp³-hybridized carbons (Fsp3) is 0.462. The van der Waals surface area contributed by atoms with E-state index in [0.29, 0.717) is 6.04 Å². The summed E-state index contributed by atoms with van der Waals surface area (Å²) in [7, 11) is 0. The highest BCUT2D eigenvalue weighted by atomic mass is 32.1. The van der Waals surface area contributed by atoms with Crippen LogP contribution in [-0.2, 0) is 19.5 Å². The molecule has 0 saturated heterocycles. The summed E-state index contributed by atoms with van der Waals surface area (Å²) in [6.45, 7) is 6.16. The molecular weight excluding hydrogens is 230 g/mol. The molecule has 0 radical (unpaired) electrons. The third-order valence-electron chi connectivity index (χ3n) is 2.75. The van der Waals surface area contributed by atoms with Crippen molar-refractivity contribution >= 4 is 11.3 Å². The van der Waals surface area contributed by atoms with Gasteiger partial charge in [-0.05, 0) is 31.7 Å². The van der Waals surface area contributed by atoms with E-state index in [1.165, 1.54) is 10.4 Å². The van der Waals surface area contributed by atoms with Gasteiger partial charge in [0.2, 0.25) is 0 Å². The molecule has 0 aliphatic rings. The molecule has 4 heteroatoms. The predicted octanol–water partition coefficient (Wildman–Crippen LogP) is 2.69. The molecule has 2 aromatic heterocycles. The molecular formula is C13H19N3S. The first kappa shape index (κ1) is 12.3. The van der Waals surface area contributed by atoms with E-state index in [-0.39, 0.29) is 0 Å². The Morgan fingerprint density at radius 1 is 1.53 bits per heavy atom. The second kappa shape index (κ2) is 5.98. The largest absolute Gasteiger partial charge is 0.310 e. The van der Waals surface area contributed by atoms with Gasteiger partial charge >= 0.3 is 0 Å². The highest BCUT2D eigenvalue weighted by molar-refractivity contribution is 7.09. The summed E-state index contributed by atoms with van der Waals surface area (Å²) in [4.78, 5) is 1.44. The molecule has 2 aromatic rings. The third-order valence-corrected chi connectivity index (χ3v) is 3.65. The highest BCUT2D eigenvalue weighted by Gasteiger charge is 2.04. The Labute approximate surface area is 106 Å². The summed E-state index contributed by atoms with van der Waals surface area (Å²) in [5.41, 5.74) is 1.25. The van der Waals surface area contributed by atoms with Crippen LogP contribution in [0.15, 0.2) is 29.9 Å². The second-order valence-corrected chi connectivity index (χ2v) is 5.30. The van der Waals surface area contributed by atoms with Crippen molar-refractivity contribution in [1.82, 2.24) is 15.1 Å². The standard InChI is InChI=1S/C13H19N3S/c1-3-16-10-12(9-15-16)8-14-11(2)7-13-5-4-6-17-13/h4-6,9-11,14H,3,7-8H2,1-2H3. The zero-order chi connectivity index (χ0) is 12.1. The van der Waals surface area contributed by atoms with Gasteiger partial charge in [0.1, 0.15) is 0 Å². The molecule has 17 heavy (non-hydrogen) atoms. The summed E-state index contributed by atoms with van der Waals surface area (Å²) in [6.07, 6.45) is 5.14. The minimum absolute atomic E-state index is 0.499. The maximum absolute atomic E-state index is 4.27. The molecule has 3 nitrogen and oxygen atoms in total. The van der Waals surface area contributed by atoms with E-state index in [4.69, 9.17) is 0 Å². The first-order valence-corrected chi connectivity index (χ1v) is 6.93. The van der Waals surface area contributed by atoms with Crippen molar-refractivity contribution in [3.05, 3.63) is 40.3 Å². The lowest BCUT2D eigenvalue weighted by atomic mass is 10.2. The van der Waals surface area contributed by atoms with Gasteiger partial charge in [0.05, 0.1) is 6.20 Å². The first-order chi connectivity index (χ1) is 8.28. The Bertz CT molecular complexity index is 433. The lowest BCUT2D eigenvalue weighted by Gasteiger charge is -2.11. The summed E-state index contributed by atoms with van der Waals surface area (Å²) < 4.78 is 1.96. The number of hydrogen-bond donors (Lipinski definition) is 1. The molecule has 2 heterocycles. The van der Waals surface area contributed by atoms with Crippen LogP contribution >= 0.6 is 11.3 Å². The lowest BCUT2D eigenvalue weighted by Crippen LogP contribution is -2.27. The monoisotopic (exact) mass is 249 g/mol. The van der Waals surface area contributed by atoms with Crippen LogP contribution < -0.4 is 5.32 Å².